The Morgan fingerprint density at radius 1 is 0.864 bits per heavy atom. The van der Waals surface area contributed by atoms with Crippen LogP contribution in [0.1, 0.15) is 0 Å². The summed E-state index contributed by atoms with van der Waals surface area (Å²) in [7, 11) is 0. The Morgan fingerprint density at radius 2 is 1.55 bits per heavy atom. The van der Waals surface area contributed by atoms with Crippen molar-refractivity contribution in [3.63, 3.8) is 0 Å². The van der Waals surface area contributed by atoms with Gasteiger partial charge in [-0.15, -0.1) is 0 Å². The second-order valence-corrected chi connectivity index (χ2v) is 4.73. The minimum atomic E-state index is -0.417. The normalized spacial score (nSPS) is 10.2. The number of carbonyl (C=O) groups is 1. The van der Waals surface area contributed by atoms with Gasteiger partial charge in [-0.1, -0.05) is 6.07 Å². The van der Waals surface area contributed by atoms with E-state index in [1.165, 1.54) is 18.2 Å². The van der Waals surface area contributed by atoms with Crippen LogP contribution >= 0.6 is 0 Å². The molecule has 2 N–H and O–H groups in total. The SMILES string of the molecule is O=C(Nc1ccc(-n2cccc2)cc1)Nc1cccc(F)c1. The number of rotatable bonds is 3. The summed E-state index contributed by atoms with van der Waals surface area (Å²) >= 11 is 0. The summed E-state index contributed by atoms with van der Waals surface area (Å²) in [5.74, 6) is -0.395. The van der Waals surface area contributed by atoms with E-state index in [-0.39, 0.29) is 0 Å². The third-order valence-electron chi connectivity index (χ3n) is 3.11. The van der Waals surface area contributed by atoms with Crippen molar-refractivity contribution in [1.82, 2.24) is 4.57 Å². The molecule has 110 valence electrons. The number of benzene rings is 2. The van der Waals surface area contributed by atoms with Gasteiger partial charge >= 0.3 is 6.03 Å². The van der Waals surface area contributed by atoms with Crippen LogP contribution < -0.4 is 10.6 Å². The zero-order valence-corrected chi connectivity index (χ0v) is 11.7. The Morgan fingerprint density at radius 3 is 2.23 bits per heavy atom. The quantitative estimate of drug-likeness (QED) is 0.745. The first kappa shape index (κ1) is 13.9. The molecule has 3 aromatic rings. The molecular formula is C17H14FN3O. The molecule has 0 aliphatic carbocycles. The number of nitrogens with one attached hydrogen (secondary N) is 2. The smallest absolute Gasteiger partial charge is 0.323 e. The summed E-state index contributed by atoms with van der Waals surface area (Å²) in [4.78, 5) is 11.9. The van der Waals surface area contributed by atoms with Gasteiger partial charge in [-0.25, -0.2) is 9.18 Å². The van der Waals surface area contributed by atoms with Crippen molar-refractivity contribution in [2.45, 2.75) is 0 Å². The van der Waals surface area contributed by atoms with Crippen LogP contribution in [0, 0.1) is 5.82 Å². The second-order valence-electron chi connectivity index (χ2n) is 4.73. The van der Waals surface area contributed by atoms with Crippen LogP contribution in [-0.4, -0.2) is 10.6 Å². The van der Waals surface area contributed by atoms with Crippen molar-refractivity contribution in [2.75, 3.05) is 10.6 Å². The van der Waals surface area contributed by atoms with Crippen molar-refractivity contribution in [3.8, 4) is 5.69 Å². The summed E-state index contributed by atoms with van der Waals surface area (Å²) in [6.07, 6.45) is 3.89. The van der Waals surface area contributed by atoms with Crippen LogP contribution in [0.2, 0.25) is 0 Å². The Balaban J connectivity index is 1.64. The van der Waals surface area contributed by atoms with Crippen molar-refractivity contribution in [1.29, 1.82) is 0 Å². The third-order valence-corrected chi connectivity index (χ3v) is 3.11. The lowest BCUT2D eigenvalue weighted by Gasteiger charge is -2.09. The molecule has 0 saturated heterocycles. The fourth-order valence-corrected chi connectivity index (χ4v) is 2.08. The molecular weight excluding hydrogens is 281 g/mol. The van der Waals surface area contributed by atoms with E-state index in [0.717, 1.165) is 5.69 Å². The molecule has 5 heteroatoms. The van der Waals surface area contributed by atoms with Crippen molar-refractivity contribution in [3.05, 3.63) is 78.9 Å². The summed E-state index contributed by atoms with van der Waals surface area (Å²) in [5, 5.41) is 5.28. The molecule has 1 heterocycles. The van der Waals surface area contributed by atoms with Crippen LogP contribution in [0.3, 0.4) is 0 Å². The number of hydrogen-bond acceptors (Lipinski definition) is 1. The first-order valence-electron chi connectivity index (χ1n) is 6.78. The predicted octanol–water partition coefficient (Wildman–Crippen LogP) is 4.26. The number of halogens is 1. The van der Waals surface area contributed by atoms with Gasteiger partial charge in [0.2, 0.25) is 0 Å². The number of hydrogen-bond donors (Lipinski definition) is 2. The highest BCUT2D eigenvalue weighted by atomic mass is 19.1. The minimum Gasteiger partial charge on any atom is -0.324 e. The molecule has 0 aliphatic heterocycles. The van der Waals surface area contributed by atoms with Crippen molar-refractivity contribution >= 4 is 17.4 Å². The maximum atomic E-state index is 13.0. The van der Waals surface area contributed by atoms with E-state index in [9.17, 15) is 9.18 Å². The third kappa shape index (κ3) is 3.32. The first-order valence-corrected chi connectivity index (χ1v) is 6.78. The van der Waals surface area contributed by atoms with E-state index in [0.29, 0.717) is 11.4 Å². The summed E-state index contributed by atoms with van der Waals surface area (Å²) in [6.45, 7) is 0. The predicted molar refractivity (Wildman–Crippen MR) is 84.8 cm³/mol. The van der Waals surface area contributed by atoms with Gasteiger partial charge in [-0.05, 0) is 54.6 Å². The van der Waals surface area contributed by atoms with Crippen LogP contribution in [0.25, 0.3) is 5.69 Å². The molecule has 22 heavy (non-hydrogen) atoms. The molecule has 3 rings (SSSR count). The number of urea groups is 1. The number of carbonyl (C=O) groups excluding carboxylic acids is 1. The van der Waals surface area contributed by atoms with E-state index in [1.807, 2.05) is 41.2 Å². The highest BCUT2D eigenvalue weighted by Gasteiger charge is 2.03. The zero-order valence-electron chi connectivity index (χ0n) is 11.7. The minimum absolute atomic E-state index is 0.395. The van der Waals surface area contributed by atoms with Crippen LogP contribution in [-0.2, 0) is 0 Å². The number of amides is 2. The molecule has 2 aromatic carbocycles. The fourth-order valence-electron chi connectivity index (χ4n) is 2.08. The highest BCUT2D eigenvalue weighted by Crippen LogP contribution is 2.14. The van der Waals surface area contributed by atoms with E-state index in [4.69, 9.17) is 0 Å². The maximum absolute atomic E-state index is 13.0. The topological polar surface area (TPSA) is 46.1 Å². The van der Waals surface area contributed by atoms with Gasteiger partial charge in [0.05, 0.1) is 0 Å². The monoisotopic (exact) mass is 295 g/mol. The van der Waals surface area contributed by atoms with E-state index < -0.39 is 11.8 Å². The summed E-state index contributed by atoms with van der Waals surface area (Å²) in [5.41, 5.74) is 2.06. The Kier molecular flexibility index (Phi) is 3.87. The Labute approximate surface area is 127 Å². The van der Waals surface area contributed by atoms with Gasteiger partial charge in [0, 0.05) is 29.5 Å². The molecule has 0 saturated carbocycles. The van der Waals surface area contributed by atoms with Gasteiger partial charge in [0.1, 0.15) is 5.82 Å². The molecule has 0 fully saturated rings. The summed E-state index contributed by atoms with van der Waals surface area (Å²) < 4.78 is 15.0. The van der Waals surface area contributed by atoms with Crippen molar-refractivity contribution < 1.29 is 9.18 Å². The molecule has 1 aromatic heterocycles. The number of nitrogens with zero attached hydrogens (tertiary/aromatic N) is 1. The molecule has 0 atom stereocenters. The lowest BCUT2D eigenvalue weighted by atomic mass is 10.3. The van der Waals surface area contributed by atoms with E-state index in [1.54, 1.807) is 18.2 Å². The van der Waals surface area contributed by atoms with Crippen LogP contribution in [0.4, 0.5) is 20.6 Å². The lowest BCUT2D eigenvalue weighted by molar-refractivity contribution is 0.262. The Hall–Kier alpha value is -3.08. The fraction of sp³-hybridized carbons (Fsp3) is 0. The van der Waals surface area contributed by atoms with Crippen LogP contribution in [0.15, 0.2) is 73.1 Å². The van der Waals surface area contributed by atoms with Crippen molar-refractivity contribution in [2.24, 2.45) is 0 Å². The highest BCUT2D eigenvalue weighted by molar-refractivity contribution is 5.99. The number of aromatic nitrogens is 1. The maximum Gasteiger partial charge on any atom is 0.323 e. The Bertz CT molecular complexity index is 767. The lowest BCUT2D eigenvalue weighted by Crippen LogP contribution is -2.19. The average Bonchev–Trinajstić information content (AvgIpc) is 3.02. The van der Waals surface area contributed by atoms with E-state index in [2.05, 4.69) is 10.6 Å². The average molecular weight is 295 g/mol. The van der Waals surface area contributed by atoms with Crippen LogP contribution in [0.5, 0.6) is 0 Å². The van der Waals surface area contributed by atoms with Gasteiger partial charge in [0.25, 0.3) is 0 Å². The van der Waals surface area contributed by atoms with Gasteiger partial charge in [0.15, 0.2) is 0 Å². The van der Waals surface area contributed by atoms with Gasteiger partial charge < -0.3 is 15.2 Å². The number of anilines is 2. The summed E-state index contributed by atoms with van der Waals surface area (Å²) in [6, 6.07) is 16.6. The van der Waals surface area contributed by atoms with Gasteiger partial charge in [-0.3, -0.25) is 0 Å². The second kappa shape index (κ2) is 6.13. The molecule has 0 aliphatic rings. The standard InChI is InChI=1S/C17H14FN3O/c18-13-4-3-5-15(12-13)20-17(22)19-14-6-8-16(9-7-14)21-10-1-2-11-21/h1-12H,(H2,19,20,22). The zero-order chi connectivity index (χ0) is 15.4. The molecule has 0 radical (unpaired) electrons. The molecule has 0 bridgehead atoms. The molecule has 0 spiro atoms. The molecule has 2 amide bonds. The van der Waals surface area contributed by atoms with E-state index >= 15 is 0 Å². The largest absolute Gasteiger partial charge is 0.324 e. The first-order chi connectivity index (χ1) is 10.7. The molecule has 0 unspecified atom stereocenters. The van der Waals surface area contributed by atoms with Gasteiger partial charge in [-0.2, -0.15) is 0 Å². The molecule has 4 nitrogen and oxygen atoms in total.